The summed E-state index contributed by atoms with van der Waals surface area (Å²) in [6, 6.07) is 11.0. The first-order valence-corrected chi connectivity index (χ1v) is 21.6. The van der Waals surface area contributed by atoms with E-state index in [-0.39, 0.29) is 45.5 Å². The van der Waals surface area contributed by atoms with Gasteiger partial charge in [-0.25, -0.2) is 14.8 Å². The largest absolute Gasteiger partial charge is 0.573 e. The number of alkyl carbamates (subject to hydrolysis) is 1. The summed E-state index contributed by atoms with van der Waals surface area (Å²) in [5.41, 5.74) is 1.13. The third kappa shape index (κ3) is 10.7. The fourth-order valence-corrected chi connectivity index (χ4v) is 8.63. The van der Waals surface area contributed by atoms with E-state index in [1.165, 1.54) is 19.4 Å². The van der Waals surface area contributed by atoms with Crippen LogP contribution in [0.25, 0.3) is 22.4 Å². The first kappa shape index (κ1) is 46.1. The molecular formula is C45H52ClF3N8O7. The monoisotopic (exact) mass is 908 g/mol. The second-order valence-electron chi connectivity index (χ2n) is 17.4. The topological polar surface area (TPSA) is 171 Å². The van der Waals surface area contributed by atoms with E-state index in [0.717, 1.165) is 6.07 Å². The van der Waals surface area contributed by atoms with Gasteiger partial charge in [0.25, 0.3) is 5.91 Å². The standard InChI is InChI=1S/C45H52ClF3N8O7/c1-26-20-35(57(25-26)41(59)38(54-43(61)62-5)29-12-18-63-19-13-29)39-51-24-34(52-39)28-8-6-27(7-9-28)31-21-32(46)33(22-36(31)64-45(47,48)49)53-40(58)30-10-11-37(50-23-30)55-14-16-56(17-15-55)42(60)44(2,3)4/h6-11,21-24,26,29,35,38H,12-20,25H2,1-5H3,(H,51,52)(H,53,58)(H,54,61)/t26?,35-,38?/m0/s1. The Morgan fingerprint density at radius 1 is 0.969 bits per heavy atom. The smallest absolute Gasteiger partial charge is 0.453 e. The number of hydrogen-bond donors (Lipinski definition) is 3. The number of rotatable bonds is 10. The van der Waals surface area contributed by atoms with Gasteiger partial charge >= 0.3 is 12.5 Å². The number of aromatic nitrogens is 3. The number of piperazine rings is 1. The molecule has 3 N–H and O–H groups in total. The van der Waals surface area contributed by atoms with E-state index in [0.29, 0.717) is 93.7 Å². The van der Waals surface area contributed by atoms with E-state index >= 15 is 0 Å². The van der Waals surface area contributed by atoms with E-state index in [9.17, 15) is 32.3 Å². The van der Waals surface area contributed by atoms with Gasteiger partial charge in [-0.2, -0.15) is 0 Å². The van der Waals surface area contributed by atoms with Gasteiger partial charge in [-0.3, -0.25) is 14.4 Å². The number of nitrogens with one attached hydrogen (secondary N) is 3. The van der Waals surface area contributed by atoms with Crippen LogP contribution >= 0.6 is 11.6 Å². The molecule has 342 valence electrons. The van der Waals surface area contributed by atoms with E-state index in [1.807, 2.05) is 37.5 Å². The Bertz CT molecular complexity index is 2320. The zero-order valence-electron chi connectivity index (χ0n) is 36.3. The molecule has 15 nitrogen and oxygen atoms in total. The molecular weight excluding hydrogens is 857 g/mol. The molecule has 2 unspecified atom stereocenters. The number of aromatic amines is 1. The predicted octanol–water partition coefficient (Wildman–Crippen LogP) is 7.70. The number of hydrogen-bond acceptors (Lipinski definition) is 10. The van der Waals surface area contributed by atoms with Crippen molar-refractivity contribution < 1.29 is 46.6 Å². The predicted molar refractivity (Wildman–Crippen MR) is 233 cm³/mol. The Labute approximate surface area is 374 Å². The highest BCUT2D eigenvalue weighted by atomic mass is 35.5. The quantitative estimate of drug-likeness (QED) is 0.143. The van der Waals surface area contributed by atoms with Crippen LogP contribution in [0, 0.1) is 17.3 Å². The van der Waals surface area contributed by atoms with Crippen molar-refractivity contribution in [2.45, 2.75) is 65.4 Å². The number of carbonyl (C=O) groups is 4. The number of nitrogens with zero attached hydrogens (tertiary/aromatic N) is 5. The fraction of sp³-hybridized carbons (Fsp3) is 0.467. The van der Waals surface area contributed by atoms with Crippen LogP contribution in [-0.2, 0) is 19.1 Å². The normalized spacial score (nSPS) is 19.0. The van der Waals surface area contributed by atoms with Crippen LogP contribution in [0.5, 0.6) is 5.75 Å². The van der Waals surface area contributed by atoms with Gasteiger partial charge in [-0.05, 0) is 54.9 Å². The molecule has 0 spiro atoms. The second kappa shape index (κ2) is 19.1. The van der Waals surface area contributed by atoms with Crippen LogP contribution in [-0.4, -0.2) is 114 Å². The van der Waals surface area contributed by atoms with Crippen molar-refractivity contribution in [3.05, 3.63) is 77.3 Å². The van der Waals surface area contributed by atoms with Gasteiger partial charge in [0.1, 0.15) is 23.4 Å². The van der Waals surface area contributed by atoms with Crippen LogP contribution in [0.15, 0.2) is 60.9 Å². The van der Waals surface area contributed by atoms with Gasteiger partial charge in [0.2, 0.25) is 11.8 Å². The fourth-order valence-electron chi connectivity index (χ4n) is 8.42. The molecule has 0 radical (unpaired) electrons. The summed E-state index contributed by atoms with van der Waals surface area (Å²) in [5.74, 6) is -0.166. The van der Waals surface area contributed by atoms with Crippen LogP contribution in [0.3, 0.4) is 0 Å². The maximum Gasteiger partial charge on any atom is 0.573 e. The Hall–Kier alpha value is -5.88. The van der Waals surface area contributed by atoms with E-state index < -0.39 is 41.6 Å². The number of imidazole rings is 1. The highest BCUT2D eigenvalue weighted by molar-refractivity contribution is 6.34. The molecule has 0 saturated carbocycles. The molecule has 5 heterocycles. The Kier molecular flexibility index (Phi) is 13.7. The summed E-state index contributed by atoms with van der Waals surface area (Å²) in [5, 5.41) is 5.31. The Balaban J connectivity index is 1.05. The SMILES string of the molecule is COC(=O)NC(C(=O)N1CC(C)C[C@H]1c1nc(-c2ccc(-c3cc(Cl)c(NC(=O)c4ccc(N5CCN(C(=O)C(C)(C)C)CC5)nc4)cc3OC(F)(F)F)cc2)c[nH]1)C1CCOCC1. The third-order valence-electron chi connectivity index (χ3n) is 11.7. The molecule has 7 rings (SSSR count). The molecule has 4 aromatic rings. The Morgan fingerprint density at radius 3 is 2.28 bits per heavy atom. The van der Waals surface area contributed by atoms with Gasteiger partial charge in [-0.1, -0.05) is 63.6 Å². The van der Waals surface area contributed by atoms with Gasteiger partial charge in [0, 0.05) is 80.9 Å². The van der Waals surface area contributed by atoms with E-state index in [2.05, 4.69) is 25.3 Å². The number of anilines is 2. The third-order valence-corrected chi connectivity index (χ3v) is 12.1. The highest BCUT2D eigenvalue weighted by Crippen LogP contribution is 2.41. The molecule has 0 aliphatic carbocycles. The number of likely N-dealkylation sites (tertiary alicyclic amines) is 1. The lowest BCUT2D eigenvalue weighted by atomic mass is 9.90. The minimum absolute atomic E-state index is 0.0265. The van der Waals surface area contributed by atoms with E-state index in [1.54, 1.807) is 47.5 Å². The van der Waals surface area contributed by atoms with Gasteiger partial charge in [0.15, 0.2) is 0 Å². The van der Waals surface area contributed by atoms with Crippen molar-refractivity contribution >= 4 is 46.9 Å². The zero-order chi connectivity index (χ0) is 45.9. The van der Waals surface area contributed by atoms with Crippen molar-refractivity contribution in [1.29, 1.82) is 0 Å². The Morgan fingerprint density at radius 2 is 1.66 bits per heavy atom. The van der Waals surface area contributed by atoms with Gasteiger partial charge < -0.3 is 44.5 Å². The number of benzene rings is 2. The van der Waals surface area contributed by atoms with Crippen LogP contribution in [0.1, 0.15) is 69.2 Å². The first-order chi connectivity index (χ1) is 30.4. The lowest BCUT2D eigenvalue weighted by molar-refractivity contribution is -0.274. The molecule has 3 atom stereocenters. The molecule has 2 aromatic carbocycles. The number of pyridine rings is 1. The molecule has 2 aromatic heterocycles. The number of H-pyrrole nitrogens is 1. The van der Waals surface area contributed by atoms with Crippen molar-refractivity contribution in [1.82, 2.24) is 30.1 Å². The molecule has 4 amide bonds. The summed E-state index contributed by atoms with van der Waals surface area (Å²) in [7, 11) is 1.25. The van der Waals surface area contributed by atoms with Crippen molar-refractivity contribution in [2.24, 2.45) is 17.3 Å². The minimum atomic E-state index is -5.06. The van der Waals surface area contributed by atoms with Gasteiger partial charge in [-0.15, -0.1) is 13.2 Å². The second-order valence-corrected chi connectivity index (χ2v) is 17.8. The van der Waals surface area contributed by atoms with Crippen molar-refractivity contribution in [2.75, 3.05) is 63.3 Å². The number of amides is 4. The van der Waals surface area contributed by atoms with E-state index in [4.69, 9.17) is 26.1 Å². The first-order valence-electron chi connectivity index (χ1n) is 21.2. The molecule has 64 heavy (non-hydrogen) atoms. The zero-order valence-corrected chi connectivity index (χ0v) is 37.0. The molecule has 0 bridgehead atoms. The van der Waals surface area contributed by atoms with Crippen molar-refractivity contribution in [3.8, 4) is 28.1 Å². The van der Waals surface area contributed by atoms with Gasteiger partial charge in [0.05, 0.1) is 35.1 Å². The molecule has 3 fully saturated rings. The summed E-state index contributed by atoms with van der Waals surface area (Å²) in [4.78, 5) is 70.5. The molecule has 3 aliphatic heterocycles. The number of carbonyl (C=O) groups excluding carboxylic acids is 4. The molecule has 19 heteroatoms. The number of alkyl halides is 3. The van der Waals surface area contributed by atoms with Crippen LogP contribution < -0.4 is 20.3 Å². The van der Waals surface area contributed by atoms with Crippen LogP contribution in [0.2, 0.25) is 5.02 Å². The highest BCUT2D eigenvalue weighted by Gasteiger charge is 2.42. The summed E-state index contributed by atoms with van der Waals surface area (Å²) < 4.78 is 56.2. The number of ether oxygens (including phenoxy) is 3. The minimum Gasteiger partial charge on any atom is -0.453 e. The number of halogens is 4. The lowest BCUT2D eigenvalue weighted by Gasteiger charge is -2.38. The summed E-state index contributed by atoms with van der Waals surface area (Å²) in [6.07, 6.45) is -0.810. The molecule has 3 saturated heterocycles. The summed E-state index contributed by atoms with van der Waals surface area (Å²) in [6.45, 7) is 11.3. The maximum atomic E-state index is 14.1. The van der Waals surface area contributed by atoms with Crippen molar-refractivity contribution in [3.63, 3.8) is 0 Å². The molecule has 3 aliphatic rings. The lowest BCUT2D eigenvalue weighted by Crippen LogP contribution is -2.53. The number of methoxy groups -OCH3 is 1. The average Bonchev–Trinajstić information content (AvgIpc) is 3.93. The summed E-state index contributed by atoms with van der Waals surface area (Å²) >= 11 is 6.60. The van der Waals surface area contributed by atoms with Crippen LogP contribution in [0.4, 0.5) is 29.5 Å². The average molecular weight is 909 g/mol. The maximum absolute atomic E-state index is 14.1.